The highest BCUT2D eigenvalue weighted by atomic mass is 35.5. The minimum Gasteiger partial charge on any atom is -0.489 e. The van der Waals surface area contributed by atoms with E-state index in [-0.39, 0.29) is 12.4 Å². The fraction of sp³-hybridized carbons (Fsp3) is 0.217. The molecule has 0 aliphatic carbocycles. The van der Waals surface area contributed by atoms with Crippen LogP contribution in [-0.2, 0) is 19.7 Å². The fourth-order valence-corrected chi connectivity index (χ4v) is 2.91. The van der Waals surface area contributed by atoms with Crippen molar-refractivity contribution in [2.75, 3.05) is 0 Å². The molecule has 3 aromatic rings. The summed E-state index contributed by atoms with van der Waals surface area (Å²) in [5.74, 6) is 0.867. The zero-order valence-electron chi connectivity index (χ0n) is 15.7. The first-order chi connectivity index (χ1) is 12.6. The summed E-state index contributed by atoms with van der Waals surface area (Å²) in [6.07, 6.45) is 0. The number of aryl methyl sites for hydroxylation is 2. The highest BCUT2D eigenvalue weighted by Crippen LogP contribution is 2.24. The van der Waals surface area contributed by atoms with Crippen molar-refractivity contribution < 1.29 is 4.74 Å². The van der Waals surface area contributed by atoms with E-state index in [2.05, 4.69) is 67.7 Å². The van der Waals surface area contributed by atoms with Gasteiger partial charge in [0.15, 0.2) is 0 Å². The van der Waals surface area contributed by atoms with Crippen LogP contribution in [-0.4, -0.2) is 0 Å². The molecular weight excluding hydrogens is 377 g/mol. The van der Waals surface area contributed by atoms with Crippen LogP contribution in [0.5, 0.6) is 5.75 Å². The van der Waals surface area contributed by atoms with Crippen molar-refractivity contribution in [3.05, 3.63) is 99.6 Å². The van der Waals surface area contributed by atoms with Gasteiger partial charge in [0.05, 0.1) is 0 Å². The van der Waals surface area contributed by atoms with E-state index in [1.165, 1.54) is 16.7 Å². The summed E-state index contributed by atoms with van der Waals surface area (Å²) in [4.78, 5) is 0. The van der Waals surface area contributed by atoms with Crippen molar-refractivity contribution in [2.24, 2.45) is 0 Å². The van der Waals surface area contributed by atoms with Crippen LogP contribution in [0.1, 0.15) is 27.8 Å². The first-order valence-electron chi connectivity index (χ1n) is 8.83. The summed E-state index contributed by atoms with van der Waals surface area (Å²) in [6, 6.07) is 22.7. The SMILES string of the molecule is Cc1ccc(CNCc2cc(Cl)ccc2OCc2ccc(C)cc2)cc1.Cl. The van der Waals surface area contributed by atoms with Gasteiger partial charge in [0.1, 0.15) is 12.4 Å². The Labute approximate surface area is 172 Å². The lowest BCUT2D eigenvalue weighted by molar-refractivity contribution is 0.302. The molecule has 27 heavy (non-hydrogen) atoms. The monoisotopic (exact) mass is 401 g/mol. The molecule has 0 radical (unpaired) electrons. The Kier molecular flexibility index (Phi) is 8.18. The molecule has 0 saturated carbocycles. The Morgan fingerprint density at radius 3 is 2.00 bits per heavy atom. The summed E-state index contributed by atoms with van der Waals surface area (Å²) >= 11 is 6.18. The maximum Gasteiger partial charge on any atom is 0.124 e. The summed E-state index contributed by atoms with van der Waals surface area (Å²) < 4.78 is 6.04. The molecule has 3 rings (SSSR count). The van der Waals surface area contributed by atoms with Gasteiger partial charge in [-0.25, -0.2) is 0 Å². The number of hydrogen-bond donors (Lipinski definition) is 1. The predicted molar refractivity (Wildman–Crippen MR) is 116 cm³/mol. The Morgan fingerprint density at radius 2 is 1.37 bits per heavy atom. The Hall–Kier alpha value is -2.00. The quantitative estimate of drug-likeness (QED) is 0.505. The zero-order valence-corrected chi connectivity index (χ0v) is 17.2. The summed E-state index contributed by atoms with van der Waals surface area (Å²) in [6.45, 7) is 6.25. The maximum atomic E-state index is 6.18. The molecule has 142 valence electrons. The lowest BCUT2D eigenvalue weighted by Gasteiger charge is -2.13. The molecule has 0 heterocycles. The Bertz CT molecular complexity index is 845. The third-order valence-corrected chi connectivity index (χ3v) is 4.54. The van der Waals surface area contributed by atoms with E-state index in [4.69, 9.17) is 16.3 Å². The van der Waals surface area contributed by atoms with Gasteiger partial charge in [-0.2, -0.15) is 0 Å². The van der Waals surface area contributed by atoms with Gasteiger partial charge in [0, 0.05) is 23.7 Å². The molecule has 0 aromatic heterocycles. The van der Waals surface area contributed by atoms with Crippen LogP contribution in [0.25, 0.3) is 0 Å². The average molecular weight is 402 g/mol. The van der Waals surface area contributed by atoms with E-state index in [1.807, 2.05) is 18.2 Å². The van der Waals surface area contributed by atoms with Crippen LogP contribution in [0.4, 0.5) is 0 Å². The molecule has 3 aromatic carbocycles. The van der Waals surface area contributed by atoms with Gasteiger partial charge in [-0.15, -0.1) is 12.4 Å². The van der Waals surface area contributed by atoms with Crippen LogP contribution in [0.15, 0.2) is 66.7 Å². The molecule has 0 atom stereocenters. The van der Waals surface area contributed by atoms with Crippen molar-refractivity contribution in [1.29, 1.82) is 0 Å². The number of halogens is 2. The highest BCUT2D eigenvalue weighted by Gasteiger charge is 2.06. The van der Waals surface area contributed by atoms with Crippen LogP contribution in [0.2, 0.25) is 5.02 Å². The standard InChI is InChI=1S/C23H24ClNO.ClH/c1-17-3-7-19(8-4-17)14-25-15-21-13-22(24)11-12-23(21)26-16-20-9-5-18(2)6-10-20;/h3-13,25H,14-16H2,1-2H3;1H. The summed E-state index contributed by atoms with van der Waals surface area (Å²) in [5, 5.41) is 4.19. The van der Waals surface area contributed by atoms with Gasteiger partial charge in [-0.3, -0.25) is 0 Å². The van der Waals surface area contributed by atoms with Gasteiger partial charge < -0.3 is 10.1 Å². The van der Waals surface area contributed by atoms with Crippen LogP contribution in [0, 0.1) is 13.8 Å². The van der Waals surface area contributed by atoms with Crippen molar-refractivity contribution in [2.45, 2.75) is 33.5 Å². The summed E-state index contributed by atoms with van der Waals surface area (Å²) in [7, 11) is 0. The first-order valence-corrected chi connectivity index (χ1v) is 9.21. The molecule has 0 fully saturated rings. The number of nitrogens with one attached hydrogen (secondary N) is 1. The molecular formula is C23H25Cl2NO. The maximum absolute atomic E-state index is 6.18. The van der Waals surface area contributed by atoms with Gasteiger partial charge in [-0.05, 0) is 43.2 Å². The predicted octanol–water partition coefficient (Wildman–Crippen LogP) is 6.25. The average Bonchev–Trinajstić information content (AvgIpc) is 2.64. The Balaban J connectivity index is 0.00000261. The van der Waals surface area contributed by atoms with E-state index in [0.717, 1.165) is 28.4 Å². The second-order valence-electron chi connectivity index (χ2n) is 6.62. The van der Waals surface area contributed by atoms with Gasteiger partial charge in [0.2, 0.25) is 0 Å². The smallest absolute Gasteiger partial charge is 0.124 e. The lowest BCUT2D eigenvalue weighted by Crippen LogP contribution is -2.13. The topological polar surface area (TPSA) is 21.3 Å². The molecule has 2 nitrogen and oxygen atoms in total. The van der Waals surface area contributed by atoms with E-state index >= 15 is 0 Å². The largest absolute Gasteiger partial charge is 0.489 e. The van der Waals surface area contributed by atoms with Crippen molar-refractivity contribution in [1.82, 2.24) is 5.32 Å². The van der Waals surface area contributed by atoms with Gasteiger partial charge in [0.25, 0.3) is 0 Å². The molecule has 0 unspecified atom stereocenters. The third-order valence-electron chi connectivity index (χ3n) is 4.30. The normalized spacial score (nSPS) is 10.3. The first kappa shape index (κ1) is 21.3. The molecule has 0 amide bonds. The summed E-state index contributed by atoms with van der Waals surface area (Å²) in [5.41, 5.74) is 6.01. The van der Waals surface area contributed by atoms with E-state index in [9.17, 15) is 0 Å². The number of benzene rings is 3. The second-order valence-corrected chi connectivity index (χ2v) is 7.05. The Morgan fingerprint density at radius 1 is 0.778 bits per heavy atom. The number of hydrogen-bond acceptors (Lipinski definition) is 2. The molecule has 0 bridgehead atoms. The fourth-order valence-electron chi connectivity index (χ4n) is 2.72. The number of ether oxygens (including phenoxy) is 1. The van der Waals surface area contributed by atoms with Crippen molar-refractivity contribution in [3.8, 4) is 5.75 Å². The van der Waals surface area contributed by atoms with Crippen LogP contribution in [0.3, 0.4) is 0 Å². The molecule has 1 N–H and O–H groups in total. The van der Waals surface area contributed by atoms with Gasteiger partial charge >= 0.3 is 0 Å². The molecule has 0 aliphatic rings. The number of rotatable bonds is 7. The minimum atomic E-state index is 0. The van der Waals surface area contributed by atoms with Gasteiger partial charge in [-0.1, -0.05) is 71.3 Å². The lowest BCUT2D eigenvalue weighted by atomic mass is 10.1. The molecule has 0 saturated heterocycles. The second kappa shape index (κ2) is 10.4. The van der Waals surface area contributed by atoms with Crippen LogP contribution >= 0.6 is 24.0 Å². The van der Waals surface area contributed by atoms with E-state index in [1.54, 1.807) is 0 Å². The minimum absolute atomic E-state index is 0. The van der Waals surface area contributed by atoms with Crippen molar-refractivity contribution in [3.63, 3.8) is 0 Å². The highest BCUT2D eigenvalue weighted by molar-refractivity contribution is 6.30. The zero-order chi connectivity index (χ0) is 18.4. The third kappa shape index (κ3) is 6.59. The van der Waals surface area contributed by atoms with Crippen LogP contribution < -0.4 is 10.1 Å². The van der Waals surface area contributed by atoms with E-state index in [0.29, 0.717) is 13.2 Å². The molecule has 0 spiro atoms. The molecule has 0 aliphatic heterocycles. The van der Waals surface area contributed by atoms with E-state index < -0.39 is 0 Å². The molecule has 4 heteroatoms. The van der Waals surface area contributed by atoms with Crippen molar-refractivity contribution >= 4 is 24.0 Å².